The highest BCUT2D eigenvalue weighted by Crippen LogP contribution is 2.59. The van der Waals surface area contributed by atoms with E-state index in [1.807, 2.05) is 6.07 Å². The predicted molar refractivity (Wildman–Crippen MR) is 69.9 cm³/mol. The Balaban J connectivity index is 2.13. The van der Waals surface area contributed by atoms with Crippen LogP contribution in [-0.2, 0) is 5.41 Å². The smallest absolute Gasteiger partial charge is 0.0929 e. The van der Waals surface area contributed by atoms with Crippen LogP contribution in [0.4, 0.5) is 0 Å². The molecule has 0 amide bonds. The van der Waals surface area contributed by atoms with Crippen LogP contribution in [0.2, 0.25) is 0 Å². The van der Waals surface area contributed by atoms with Gasteiger partial charge in [0.25, 0.3) is 0 Å². The second kappa shape index (κ2) is 3.28. The van der Waals surface area contributed by atoms with Gasteiger partial charge < -0.3 is 0 Å². The molecule has 0 unspecified atom stereocenters. The summed E-state index contributed by atoms with van der Waals surface area (Å²) in [6, 6.07) is 8.67. The van der Waals surface area contributed by atoms with Gasteiger partial charge in [-0.1, -0.05) is 26.8 Å². The number of hydrogen-bond donors (Lipinski definition) is 0. The van der Waals surface area contributed by atoms with Crippen LogP contribution >= 0.6 is 0 Å². The molecule has 0 saturated heterocycles. The Morgan fingerprint density at radius 1 is 1.12 bits per heavy atom. The van der Waals surface area contributed by atoms with E-state index in [1.165, 1.54) is 23.8 Å². The minimum absolute atomic E-state index is 0.334. The first-order valence-corrected chi connectivity index (χ1v) is 6.25. The van der Waals surface area contributed by atoms with Crippen molar-refractivity contribution in [2.24, 2.45) is 5.41 Å². The number of rotatable bonds is 1. The third-order valence-corrected chi connectivity index (χ3v) is 4.25. The fraction of sp³-hybridized carbons (Fsp3) is 0.467. The molecule has 1 heterocycles. The van der Waals surface area contributed by atoms with Crippen LogP contribution in [0.15, 0.2) is 30.5 Å². The van der Waals surface area contributed by atoms with Gasteiger partial charge in [0.15, 0.2) is 0 Å². The van der Waals surface area contributed by atoms with Gasteiger partial charge in [-0.2, -0.15) is 10.2 Å². The Hall–Kier alpha value is -1.44. The van der Waals surface area contributed by atoms with Crippen LogP contribution in [0.25, 0.3) is 10.9 Å². The van der Waals surface area contributed by atoms with Crippen LogP contribution in [0.5, 0.6) is 0 Å². The Morgan fingerprint density at radius 2 is 1.88 bits per heavy atom. The van der Waals surface area contributed by atoms with Gasteiger partial charge in [0, 0.05) is 10.8 Å². The van der Waals surface area contributed by atoms with E-state index in [0.717, 1.165) is 5.52 Å². The van der Waals surface area contributed by atoms with E-state index in [1.54, 1.807) is 6.20 Å². The lowest BCUT2D eigenvalue weighted by Crippen LogP contribution is -2.25. The first-order valence-electron chi connectivity index (χ1n) is 6.25. The summed E-state index contributed by atoms with van der Waals surface area (Å²) in [7, 11) is 0. The second-order valence-corrected chi connectivity index (χ2v) is 6.14. The molecule has 2 heteroatoms. The molecule has 1 aliphatic carbocycles. The molecule has 1 aromatic heterocycles. The molecule has 17 heavy (non-hydrogen) atoms. The van der Waals surface area contributed by atoms with Gasteiger partial charge in [-0.05, 0) is 42.0 Å². The molecule has 1 fully saturated rings. The maximum atomic E-state index is 4.14. The van der Waals surface area contributed by atoms with Crippen molar-refractivity contribution in [3.05, 3.63) is 36.0 Å². The molecule has 0 bridgehead atoms. The van der Waals surface area contributed by atoms with Crippen molar-refractivity contribution < 1.29 is 0 Å². The zero-order chi connectivity index (χ0) is 12.1. The molecular formula is C15H18N2. The monoisotopic (exact) mass is 226 g/mol. The van der Waals surface area contributed by atoms with Crippen LogP contribution in [-0.4, -0.2) is 10.2 Å². The average molecular weight is 226 g/mol. The third-order valence-electron chi connectivity index (χ3n) is 4.25. The van der Waals surface area contributed by atoms with Crippen molar-refractivity contribution in [1.82, 2.24) is 10.2 Å². The van der Waals surface area contributed by atoms with Crippen LogP contribution in [0, 0.1) is 5.41 Å². The zero-order valence-corrected chi connectivity index (χ0v) is 10.7. The number of hydrogen-bond acceptors (Lipinski definition) is 2. The first-order chi connectivity index (χ1) is 8.03. The van der Waals surface area contributed by atoms with Crippen LogP contribution < -0.4 is 0 Å². The van der Waals surface area contributed by atoms with E-state index in [-0.39, 0.29) is 0 Å². The highest BCUT2D eigenvalue weighted by molar-refractivity contribution is 5.78. The lowest BCUT2D eigenvalue weighted by atomic mass is 9.73. The summed E-state index contributed by atoms with van der Waals surface area (Å²) in [5, 5.41) is 9.26. The maximum absolute atomic E-state index is 4.14. The molecule has 3 rings (SSSR count). The Labute approximate surface area is 102 Å². The van der Waals surface area contributed by atoms with E-state index >= 15 is 0 Å². The largest absolute Gasteiger partial charge is 0.159 e. The molecule has 2 nitrogen and oxygen atoms in total. The second-order valence-electron chi connectivity index (χ2n) is 6.14. The highest BCUT2D eigenvalue weighted by atomic mass is 15.1. The van der Waals surface area contributed by atoms with Crippen LogP contribution in [0.1, 0.15) is 39.2 Å². The summed E-state index contributed by atoms with van der Waals surface area (Å²) in [5.74, 6) is 0. The summed E-state index contributed by atoms with van der Waals surface area (Å²) >= 11 is 0. The van der Waals surface area contributed by atoms with Gasteiger partial charge >= 0.3 is 0 Å². The maximum Gasteiger partial charge on any atom is 0.0929 e. The predicted octanol–water partition coefficient (Wildman–Crippen LogP) is 3.71. The van der Waals surface area contributed by atoms with Crippen molar-refractivity contribution in [3.8, 4) is 0 Å². The molecule has 0 atom stereocenters. The Kier molecular flexibility index (Phi) is 2.07. The molecular weight excluding hydrogens is 208 g/mol. The summed E-state index contributed by atoms with van der Waals surface area (Å²) in [6.07, 6.45) is 4.38. The van der Waals surface area contributed by atoms with E-state index in [2.05, 4.69) is 49.2 Å². The van der Waals surface area contributed by atoms with E-state index in [9.17, 15) is 0 Å². The average Bonchev–Trinajstić information content (AvgIpc) is 3.09. The minimum Gasteiger partial charge on any atom is -0.159 e. The molecule has 0 radical (unpaired) electrons. The van der Waals surface area contributed by atoms with E-state index in [4.69, 9.17) is 0 Å². The van der Waals surface area contributed by atoms with Crippen molar-refractivity contribution in [1.29, 1.82) is 0 Å². The summed E-state index contributed by atoms with van der Waals surface area (Å²) in [6.45, 7) is 7.03. The lowest BCUT2D eigenvalue weighted by molar-refractivity contribution is 0.299. The van der Waals surface area contributed by atoms with Crippen molar-refractivity contribution >= 4 is 10.9 Å². The normalized spacial score (nSPS) is 18.3. The number of aromatic nitrogens is 2. The van der Waals surface area contributed by atoms with Gasteiger partial charge in [0.1, 0.15) is 0 Å². The summed E-state index contributed by atoms with van der Waals surface area (Å²) < 4.78 is 0. The van der Waals surface area contributed by atoms with Gasteiger partial charge in [-0.3, -0.25) is 0 Å². The van der Waals surface area contributed by atoms with Gasteiger partial charge in [-0.25, -0.2) is 0 Å². The molecule has 88 valence electrons. The molecule has 0 spiro atoms. The molecule has 1 aromatic carbocycles. The quantitative estimate of drug-likeness (QED) is 0.740. The fourth-order valence-corrected chi connectivity index (χ4v) is 2.88. The van der Waals surface area contributed by atoms with E-state index < -0.39 is 0 Å². The van der Waals surface area contributed by atoms with Crippen molar-refractivity contribution in [2.75, 3.05) is 0 Å². The van der Waals surface area contributed by atoms with Crippen molar-refractivity contribution in [2.45, 2.75) is 39.0 Å². The Bertz CT molecular complexity index is 562. The summed E-state index contributed by atoms with van der Waals surface area (Å²) in [5.41, 5.74) is 3.16. The third kappa shape index (κ3) is 1.54. The standard InChI is InChI=1S/C15H18N2/c1-14(2,3)15(7-8-15)12-4-5-13-11(10-12)6-9-16-17-13/h4-6,9-10H,7-8H2,1-3H3. The molecule has 0 N–H and O–H groups in total. The molecule has 1 aliphatic rings. The minimum atomic E-state index is 0.334. The Morgan fingerprint density at radius 3 is 2.53 bits per heavy atom. The van der Waals surface area contributed by atoms with Gasteiger partial charge in [0.05, 0.1) is 11.7 Å². The SMILES string of the molecule is CC(C)(C)C1(c2ccc3nnccc3c2)CC1. The topological polar surface area (TPSA) is 25.8 Å². The number of fused-ring (bicyclic) bond motifs is 1. The highest BCUT2D eigenvalue weighted by Gasteiger charge is 2.52. The van der Waals surface area contributed by atoms with Gasteiger partial charge in [0.2, 0.25) is 0 Å². The van der Waals surface area contributed by atoms with Crippen LogP contribution in [0.3, 0.4) is 0 Å². The van der Waals surface area contributed by atoms with E-state index in [0.29, 0.717) is 10.8 Å². The first kappa shape index (κ1) is 10.7. The summed E-state index contributed by atoms with van der Waals surface area (Å²) in [4.78, 5) is 0. The molecule has 2 aromatic rings. The lowest BCUT2D eigenvalue weighted by Gasteiger charge is -2.31. The van der Waals surface area contributed by atoms with Crippen molar-refractivity contribution in [3.63, 3.8) is 0 Å². The number of nitrogens with zero attached hydrogens (tertiary/aromatic N) is 2. The fourth-order valence-electron chi connectivity index (χ4n) is 2.88. The number of benzene rings is 1. The van der Waals surface area contributed by atoms with Gasteiger partial charge in [-0.15, -0.1) is 0 Å². The molecule has 1 saturated carbocycles. The molecule has 0 aliphatic heterocycles. The zero-order valence-electron chi connectivity index (χ0n) is 10.7.